The van der Waals surface area contributed by atoms with Crippen LogP contribution in [0.25, 0.3) is 0 Å². The van der Waals surface area contributed by atoms with E-state index < -0.39 is 31.0 Å². The van der Waals surface area contributed by atoms with Gasteiger partial charge in [-0.05, 0) is 42.2 Å². The highest BCUT2D eigenvalue weighted by Crippen LogP contribution is 2.38. The van der Waals surface area contributed by atoms with Crippen molar-refractivity contribution < 1.29 is 23.1 Å². The van der Waals surface area contributed by atoms with Gasteiger partial charge < -0.3 is 21.3 Å². The molecule has 0 radical (unpaired) electrons. The molecule has 0 spiro atoms. The second-order valence-electron chi connectivity index (χ2n) is 7.55. The number of nitrogens with two attached hydrogens (primary N) is 2. The minimum Gasteiger partial charge on any atom is -0.399 e. The summed E-state index contributed by atoms with van der Waals surface area (Å²) in [5.74, 6) is 0.156. The van der Waals surface area contributed by atoms with Crippen LogP contribution < -0.4 is 11.5 Å². The highest BCUT2D eigenvalue weighted by atomic mass is 32.2. The highest BCUT2D eigenvalue weighted by Gasteiger charge is 2.31. The van der Waals surface area contributed by atoms with Crippen molar-refractivity contribution in [3.8, 4) is 0 Å². The maximum absolute atomic E-state index is 13.2. The highest BCUT2D eigenvalue weighted by molar-refractivity contribution is 7.82. The second kappa shape index (κ2) is 11.2. The molecule has 0 heterocycles. The Labute approximate surface area is 180 Å². The van der Waals surface area contributed by atoms with Crippen LogP contribution in [0.5, 0.6) is 0 Å². The lowest BCUT2D eigenvalue weighted by Gasteiger charge is -2.31. The van der Waals surface area contributed by atoms with Gasteiger partial charge in [0.15, 0.2) is 0 Å². The molecule has 0 aromatic heterocycles. The third kappa shape index (κ3) is 8.28. The van der Waals surface area contributed by atoms with Gasteiger partial charge in [0.2, 0.25) is 0 Å². The van der Waals surface area contributed by atoms with Gasteiger partial charge in [-0.3, -0.25) is 4.52 Å². The summed E-state index contributed by atoms with van der Waals surface area (Å²) in [5, 5.41) is 0. The summed E-state index contributed by atoms with van der Waals surface area (Å²) in [7, 11) is -6.37. The fourth-order valence-electron chi connectivity index (χ4n) is 2.99. The predicted molar refractivity (Wildman–Crippen MR) is 119 cm³/mol. The van der Waals surface area contributed by atoms with E-state index in [1.165, 1.54) is 0 Å². The molecule has 30 heavy (non-hydrogen) atoms. The molecule has 6 N–H and O–H groups in total. The fourth-order valence-corrected chi connectivity index (χ4v) is 4.95. The van der Waals surface area contributed by atoms with E-state index in [0.717, 1.165) is 5.56 Å². The van der Waals surface area contributed by atoms with Crippen molar-refractivity contribution in [3.05, 3.63) is 60.2 Å². The minimum absolute atomic E-state index is 0.00568. The average Bonchev–Trinajstić information content (AvgIpc) is 2.66. The lowest BCUT2D eigenvalue weighted by molar-refractivity contribution is 0.0961. The van der Waals surface area contributed by atoms with Gasteiger partial charge in [-0.25, -0.2) is 13.1 Å². The number of nitrogens with zero attached hydrogens (tertiary/aromatic N) is 1. The summed E-state index contributed by atoms with van der Waals surface area (Å²) >= 11 is 0. The maximum atomic E-state index is 13.2. The Morgan fingerprint density at radius 2 is 1.67 bits per heavy atom. The van der Waals surface area contributed by atoms with E-state index in [9.17, 15) is 18.6 Å². The molecule has 2 rings (SSSR count). The van der Waals surface area contributed by atoms with Crippen molar-refractivity contribution in [1.29, 1.82) is 0 Å². The summed E-state index contributed by atoms with van der Waals surface area (Å²) < 4.78 is 31.4. The summed E-state index contributed by atoms with van der Waals surface area (Å²) in [6.45, 7) is 4.36. The number of anilines is 1. The fraction of sp³-hybridized carbons (Fsp3) is 0.400. The van der Waals surface area contributed by atoms with Crippen molar-refractivity contribution >= 4 is 24.5 Å². The molecule has 8 nitrogen and oxygen atoms in total. The van der Waals surface area contributed by atoms with E-state index in [4.69, 9.17) is 16.0 Å². The third-order valence-electron chi connectivity index (χ3n) is 4.33. The van der Waals surface area contributed by atoms with Gasteiger partial charge in [0.05, 0.1) is 11.0 Å². The Hall–Kier alpha value is -1.58. The molecular formula is C20H30N3O5PS. The Bertz CT molecular complexity index is 861. The van der Waals surface area contributed by atoms with Gasteiger partial charge in [0.25, 0.3) is 0 Å². The van der Waals surface area contributed by atoms with Gasteiger partial charge in [0.1, 0.15) is 11.0 Å². The zero-order valence-corrected chi connectivity index (χ0v) is 18.8. The van der Waals surface area contributed by atoms with Crippen LogP contribution in [-0.4, -0.2) is 43.5 Å². The van der Waals surface area contributed by atoms with Crippen molar-refractivity contribution in [1.82, 2.24) is 4.31 Å². The van der Waals surface area contributed by atoms with Crippen molar-refractivity contribution in [2.45, 2.75) is 37.3 Å². The van der Waals surface area contributed by atoms with E-state index >= 15 is 0 Å². The summed E-state index contributed by atoms with van der Waals surface area (Å²) in [6.07, 6.45) is -0.669. The van der Waals surface area contributed by atoms with E-state index in [-0.39, 0.29) is 12.5 Å². The Morgan fingerprint density at radius 3 is 2.20 bits per heavy atom. The minimum atomic E-state index is -4.80. The third-order valence-corrected chi connectivity index (χ3v) is 6.32. The van der Waals surface area contributed by atoms with Crippen LogP contribution in [0, 0.1) is 5.92 Å². The van der Waals surface area contributed by atoms with Crippen LogP contribution in [0.1, 0.15) is 19.4 Å². The van der Waals surface area contributed by atoms with E-state index in [1.54, 1.807) is 28.6 Å². The molecule has 0 aliphatic rings. The molecule has 10 heteroatoms. The van der Waals surface area contributed by atoms with Gasteiger partial charge in [-0.2, -0.15) is 0 Å². The van der Waals surface area contributed by atoms with Crippen LogP contribution >= 0.6 is 7.82 Å². The molecular weight excluding hydrogens is 425 g/mol. The molecule has 2 aromatic rings. The molecule has 0 fully saturated rings. The first-order valence-corrected chi connectivity index (χ1v) is 12.2. The second-order valence-corrected chi connectivity index (χ2v) is 10.2. The zero-order chi connectivity index (χ0) is 22.3. The maximum Gasteiger partial charge on any atom is 0.469 e. The smallest absolute Gasteiger partial charge is 0.399 e. The molecule has 2 aromatic carbocycles. The number of nitrogen functional groups attached to an aromatic ring is 1. The van der Waals surface area contributed by atoms with Crippen LogP contribution in [0.4, 0.5) is 5.69 Å². The lowest BCUT2D eigenvalue weighted by atomic mass is 10.0. The van der Waals surface area contributed by atoms with Gasteiger partial charge in [-0.1, -0.05) is 44.2 Å². The average molecular weight is 456 g/mol. The monoisotopic (exact) mass is 455 g/mol. The van der Waals surface area contributed by atoms with Gasteiger partial charge >= 0.3 is 7.82 Å². The van der Waals surface area contributed by atoms with Crippen LogP contribution in [-0.2, 0) is 26.5 Å². The number of phosphoric acid groups is 1. The van der Waals surface area contributed by atoms with Gasteiger partial charge in [0, 0.05) is 24.8 Å². The molecule has 0 saturated heterocycles. The quantitative estimate of drug-likeness (QED) is 0.301. The zero-order valence-electron chi connectivity index (χ0n) is 17.1. The summed E-state index contributed by atoms with van der Waals surface area (Å²) in [5.41, 5.74) is 13.5. The van der Waals surface area contributed by atoms with Crippen molar-refractivity contribution in [3.63, 3.8) is 0 Å². The van der Waals surface area contributed by atoms with Crippen LogP contribution in [0.2, 0.25) is 0 Å². The van der Waals surface area contributed by atoms with Gasteiger partial charge in [-0.15, -0.1) is 0 Å². The number of phosphoric ester groups is 1. The molecule has 0 bridgehead atoms. The normalized spacial score (nSPS) is 15.3. The largest absolute Gasteiger partial charge is 0.469 e. The molecule has 0 amide bonds. The Morgan fingerprint density at radius 1 is 1.07 bits per heavy atom. The summed E-state index contributed by atoms with van der Waals surface area (Å²) in [6, 6.07) is 15.3. The standard InChI is InChI=1S/C20H30N3O5PS/c1-15(2)13-23(30(27)18-10-8-17(21)9-11-18)14-20(28-29(24,25)26)19(22)12-16-6-4-3-5-7-16/h3-11,15,19-20H,12-14,21-22H2,1-2H3,(H2,24,25,26). The van der Waals surface area contributed by atoms with E-state index in [2.05, 4.69) is 0 Å². The van der Waals surface area contributed by atoms with E-state index in [1.807, 2.05) is 44.2 Å². The predicted octanol–water partition coefficient (Wildman–Crippen LogP) is 2.30. The molecule has 166 valence electrons. The topological polar surface area (TPSA) is 139 Å². The molecule has 3 atom stereocenters. The Kier molecular flexibility index (Phi) is 9.18. The first-order chi connectivity index (χ1) is 14.0. The van der Waals surface area contributed by atoms with Crippen LogP contribution in [0.3, 0.4) is 0 Å². The van der Waals surface area contributed by atoms with E-state index in [0.29, 0.717) is 23.5 Å². The first kappa shape index (κ1) is 24.7. The molecule has 0 aliphatic heterocycles. The number of benzene rings is 2. The van der Waals surface area contributed by atoms with Crippen LogP contribution in [0.15, 0.2) is 59.5 Å². The lowest BCUT2D eigenvalue weighted by Crippen LogP contribution is -2.47. The molecule has 3 unspecified atom stereocenters. The number of rotatable bonds is 11. The number of hydrogen-bond donors (Lipinski definition) is 4. The van der Waals surface area contributed by atoms with Crippen molar-refractivity contribution in [2.75, 3.05) is 18.8 Å². The molecule has 0 aliphatic carbocycles. The number of hydrogen-bond acceptors (Lipinski definition) is 5. The SMILES string of the molecule is CC(C)CN(CC(OP(=O)(O)O)C(N)Cc1ccccc1)S(=O)c1ccc(N)cc1. The Balaban J connectivity index is 2.25. The first-order valence-electron chi connectivity index (χ1n) is 9.61. The summed E-state index contributed by atoms with van der Waals surface area (Å²) in [4.78, 5) is 19.4. The molecule has 0 saturated carbocycles. The van der Waals surface area contributed by atoms with Crippen molar-refractivity contribution in [2.24, 2.45) is 11.7 Å².